The number of para-hydroxylation sites is 1. The number of rotatable bonds is 7. The first-order valence-electron chi connectivity index (χ1n) is 11.8. The number of halogens is 3. The van der Waals surface area contributed by atoms with Crippen molar-refractivity contribution < 1.29 is 41.0 Å². The Morgan fingerprint density at radius 2 is 1.83 bits per heavy atom. The summed E-state index contributed by atoms with van der Waals surface area (Å²) in [5, 5.41) is 7.12. The van der Waals surface area contributed by atoms with Crippen LogP contribution in [-0.2, 0) is 19.6 Å². The molecule has 1 fully saturated rings. The molecule has 0 bridgehead atoms. The quantitative estimate of drug-likeness (QED) is 0.545. The highest BCUT2D eigenvalue weighted by molar-refractivity contribution is 7.89. The Morgan fingerprint density at radius 1 is 1.20 bits per heavy atom. The Labute approximate surface area is 205 Å². The normalized spacial score (nSPS) is 22.6. The van der Waals surface area contributed by atoms with Crippen LogP contribution >= 0.6 is 0 Å². The lowest BCUT2D eigenvalue weighted by Gasteiger charge is -2.32. The van der Waals surface area contributed by atoms with Crippen molar-refractivity contribution in [3.8, 4) is 5.75 Å². The second-order valence-electron chi connectivity index (χ2n) is 8.89. The van der Waals surface area contributed by atoms with Crippen molar-refractivity contribution in [1.29, 1.82) is 0 Å². The van der Waals surface area contributed by atoms with Crippen LogP contribution in [-0.4, -0.2) is 86.4 Å². The van der Waals surface area contributed by atoms with Crippen molar-refractivity contribution in [3.63, 3.8) is 0 Å². The molecular formula is C23H35F3N2O6S. The summed E-state index contributed by atoms with van der Waals surface area (Å²) in [6, 6.07) is 6.95. The second kappa shape index (κ2) is 12.9. The van der Waals surface area contributed by atoms with Crippen molar-refractivity contribution in [3.05, 3.63) is 24.3 Å². The molecular weight excluding hydrogens is 489 g/mol. The number of hydrogen-bond acceptors (Lipinski definition) is 6. The number of alkyl halides is 3. The van der Waals surface area contributed by atoms with E-state index in [-0.39, 0.29) is 12.1 Å². The maximum absolute atomic E-state index is 13.5. The van der Waals surface area contributed by atoms with Gasteiger partial charge in [0, 0.05) is 26.2 Å². The number of likely N-dealkylation sites (tertiary alicyclic amines) is 1. The number of carboxylic acids is 1. The standard InChI is InChI=1S/C21H34N2O4S.C2HF3O2/c1-4-26-16-15-22-12-10-18-19(11-13-22)27-20-7-5-6-8-21(20)28(24,25)23(18)14-9-17(2)3;3-2(4,5)1(6)7/h5-8,17-19H,4,9-16H2,1-3H3;(H,6,7)/t18-,19-;/m0./s1. The molecule has 0 radical (unpaired) electrons. The molecule has 2 atom stereocenters. The van der Waals surface area contributed by atoms with Crippen LogP contribution in [0.25, 0.3) is 0 Å². The van der Waals surface area contributed by atoms with Crippen molar-refractivity contribution in [2.75, 3.05) is 39.4 Å². The van der Waals surface area contributed by atoms with Gasteiger partial charge in [0.2, 0.25) is 10.0 Å². The van der Waals surface area contributed by atoms with E-state index in [0.29, 0.717) is 29.7 Å². The van der Waals surface area contributed by atoms with Gasteiger partial charge in [-0.1, -0.05) is 26.0 Å². The predicted molar refractivity (Wildman–Crippen MR) is 124 cm³/mol. The Balaban J connectivity index is 0.000000540. The van der Waals surface area contributed by atoms with Crippen molar-refractivity contribution in [2.24, 2.45) is 5.92 Å². The number of benzene rings is 1. The van der Waals surface area contributed by atoms with Crippen molar-refractivity contribution in [1.82, 2.24) is 9.21 Å². The lowest BCUT2D eigenvalue weighted by atomic mass is 10.0. The number of carbonyl (C=O) groups is 1. The first-order chi connectivity index (χ1) is 16.4. The first kappa shape index (κ1) is 29.3. The zero-order valence-electron chi connectivity index (χ0n) is 20.3. The average Bonchev–Trinajstić information content (AvgIpc) is 3.01. The zero-order chi connectivity index (χ0) is 26.2. The van der Waals surface area contributed by atoms with Gasteiger partial charge in [0.25, 0.3) is 0 Å². The smallest absolute Gasteiger partial charge is 0.487 e. The highest BCUT2D eigenvalue weighted by Crippen LogP contribution is 2.36. The molecule has 2 heterocycles. The second-order valence-corrected chi connectivity index (χ2v) is 10.7. The van der Waals surface area contributed by atoms with Gasteiger partial charge in [-0.2, -0.15) is 17.5 Å². The Bertz CT molecular complexity index is 926. The van der Waals surface area contributed by atoms with E-state index >= 15 is 0 Å². The van der Waals surface area contributed by atoms with Crippen LogP contribution in [0.4, 0.5) is 13.2 Å². The molecule has 12 heteroatoms. The maximum Gasteiger partial charge on any atom is 0.490 e. The highest BCUT2D eigenvalue weighted by Gasteiger charge is 2.43. The van der Waals surface area contributed by atoms with Gasteiger partial charge < -0.3 is 19.5 Å². The van der Waals surface area contributed by atoms with E-state index in [9.17, 15) is 21.6 Å². The van der Waals surface area contributed by atoms with E-state index in [1.807, 2.05) is 13.0 Å². The van der Waals surface area contributed by atoms with Crippen LogP contribution < -0.4 is 4.74 Å². The van der Waals surface area contributed by atoms with Crippen molar-refractivity contribution >= 4 is 16.0 Å². The molecule has 0 spiro atoms. The van der Waals surface area contributed by atoms with E-state index in [2.05, 4.69) is 18.7 Å². The third kappa shape index (κ3) is 8.33. The van der Waals surface area contributed by atoms with Crippen LogP contribution in [0.5, 0.6) is 5.75 Å². The van der Waals surface area contributed by atoms with Crippen LogP contribution in [0.3, 0.4) is 0 Å². The summed E-state index contributed by atoms with van der Waals surface area (Å²) in [5.74, 6) is -1.82. The van der Waals surface area contributed by atoms with Gasteiger partial charge in [0.05, 0.1) is 12.6 Å². The number of fused-ring (bicyclic) bond motifs is 2. The van der Waals surface area contributed by atoms with Gasteiger partial charge in [0.1, 0.15) is 16.7 Å². The number of hydrogen-bond donors (Lipinski definition) is 1. The fraction of sp³-hybridized carbons (Fsp3) is 0.696. The third-order valence-corrected chi connectivity index (χ3v) is 7.87. The van der Waals surface area contributed by atoms with E-state index in [1.165, 1.54) is 0 Å². The number of sulfonamides is 1. The van der Waals surface area contributed by atoms with E-state index in [1.54, 1.807) is 22.5 Å². The summed E-state index contributed by atoms with van der Waals surface area (Å²) < 4.78 is 72.3. The lowest BCUT2D eigenvalue weighted by Crippen LogP contribution is -2.47. The summed E-state index contributed by atoms with van der Waals surface area (Å²) in [5.41, 5.74) is 0. The summed E-state index contributed by atoms with van der Waals surface area (Å²) in [4.78, 5) is 11.6. The molecule has 3 rings (SSSR count). The third-order valence-electron chi connectivity index (χ3n) is 5.91. The number of aliphatic carboxylic acids is 1. The molecule has 2 aliphatic rings. The zero-order valence-corrected chi connectivity index (χ0v) is 21.1. The predicted octanol–water partition coefficient (Wildman–Crippen LogP) is 3.62. The van der Waals surface area contributed by atoms with Crippen LogP contribution in [0.2, 0.25) is 0 Å². The number of ether oxygens (including phenoxy) is 2. The summed E-state index contributed by atoms with van der Waals surface area (Å²) in [6.07, 6.45) is -2.76. The molecule has 1 aromatic carbocycles. The molecule has 2 aliphatic heterocycles. The van der Waals surface area contributed by atoms with E-state index in [4.69, 9.17) is 19.4 Å². The summed E-state index contributed by atoms with van der Waals surface area (Å²) in [6.45, 7) is 10.9. The average molecular weight is 525 g/mol. The molecule has 1 saturated heterocycles. The molecule has 0 amide bonds. The summed E-state index contributed by atoms with van der Waals surface area (Å²) in [7, 11) is -3.57. The fourth-order valence-electron chi connectivity index (χ4n) is 4.04. The monoisotopic (exact) mass is 524 g/mol. The minimum atomic E-state index is -5.08. The molecule has 1 N–H and O–H groups in total. The number of nitrogens with zero attached hydrogens (tertiary/aromatic N) is 2. The fourth-order valence-corrected chi connectivity index (χ4v) is 5.86. The molecule has 0 unspecified atom stereocenters. The molecule has 0 aromatic heterocycles. The largest absolute Gasteiger partial charge is 0.490 e. The Kier molecular flexibility index (Phi) is 10.8. The van der Waals surface area contributed by atoms with E-state index < -0.39 is 22.2 Å². The first-order valence-corrected chi connectivity index (χ1v) is 13.2. The maximum atomic E-state index is 13.5. The van der Waals surface area contributed by atoms with Gasteiger partial charge in [-0.25, -0.2) is 13.2 Å². The number of carboxylic acid groups (broad SMARTS) is 1. The van der Waals surface area contributed by atoms with Gasteiger partial charge in [0.15, 0.2) is 0 Å². The molecule has 1 aromatic rings. The summed E-state index contributed by atoms with van der Waals surface area (Å²) >= 11 is 0. The Morgan fingerprint density at radius 3 is 2.43 bits per heavy atom. The van der Waals surface area contributed by atoms with Gasteiger partial charge in [-0.05, 0) is 50.8 Å². The van der Waals surface area contributed by atoms with Gasteiger partial charge in [-0.3, -0.25) is 0 Å². The van der Waals surface area contributed by atoms with Crippen LogP contribution in [0.1, 0.15) is 40.0 Å². The molecule has 35 heavy (non-hydrogen) atoms. The van der Waals surface area contributed by atoms with E-state index in [0.717, 1.165) is 45.5 Å². The molecule has 0 aliphatic carbocycles. The minimum absolute atomic E-state index is 0.123. The minimum Gasteiger partial charge on any atom is -0.487 e. The molecule has 200 valence electrons. The molecule has 8 nitrogen and oxygen atoms in total. The molecule has 0 saturated carbocycles. The van der Waals surface area contributed by atoms with Crippen molar-refractivity contribution in [2.45, 2.75) is 63.3 Å². The van der Waals surface area contributed by atoms with Gasteiger partial charge >= 0.3 is 12.1 Å². The lowest BCUT2D eigenvalue weighted by molar-refractivity contribution is -0.192. The SMILES string of the molecule is CCOCCN1CC[C@@H]2Oc3ccccc3S(=O)(=O)N(CCC(C)C)[C@H]2CC1.O=C(O)C(F)(F)F. The topological polar surface area (TPSA) is 96.4 Å². The highest BCUT2D eigenvalue weighted by atomic mass is 32.2. The Hall–Kier alpha value is -1.89. The van der Waals surface area contributed by atoms with Crippen LogP contribution in [0, 0.1) is 5.92 Å². The van der Waals surface area contributed by atoms with Crippen LogP contribution in [0.15, 0.2) is 29.2 Å². The van der Waals surface area contributed by atoms with Gasteiger partial charge in [-0.15, -0.1) is 0 Å².